The summed E-state index contributed by atoms with van der Waals surface area (Å²) in [6.45, 7) is 0.472. The van der Waals surface area contributed by atoms with Crippen LogP contribution in [-0.4, -0.2) is 27.7 Å². The van der Waals surface area contributed by atoms with Crippen LogP contribution < -0.4 is 0 Å². The molecule has 1 atom stereocenters. The van der Waals surface area contributed by atoms with Gasteiger partial charge in [-0.25, -0.2) is 0 Å². The van der Waals surface area contributed by atoms with Gasteiger partial charge in [0.2, 0.25) is 0 Å². The normalized spacial score (nSPS) is 12.6. The van der Waals surface area contributed by atoms with Gasteiger partial charge in [-0.15, -0.1) is 0 Å². The molecule has 0 saturated carbocycles. The molecule has 96 valence electrons. The molecule has 0 fully saturated rings. The zero-order valence-corrected chi connectivity index (χ0v) is 11.5. The van der Waals surface area contributed by atoms with E-state index in [4.69, 9.17) is 4.43 Å². The first kappa shape index (κ1) is 15.7. The number of rotatable bonds is 12. The van der Waals surface area contributed by atoms with Crippen LogP contribution in [0.3, 0.4) is 0 Å². The fraction of sp³-hybridized carbons (Fsp3) is 1.00. The molecule has 0 aliphatic carbocycles. The summed E-state index contributed by atoms with van der Waals surface area (Å²) in [5.41, 5.74) is 0. The van der Waals surface area contributed by atoms with Crippen molar-refractivity contribution in [3.8, 4) is 0 Å². The predicted molar refractivity (Wildman–Crippen MR) is 68.8 cm³/mol. The zero-order valence-electron chi connectivity index (χ0n) is 10.4. The Kier molecular flexibility index (Phi) is 12.6. The van der Waals surface area contributed by atoms with E-state index in [1.807, 2.05) is 0 Å². The van der Waals surface area contributed by atoms with Gasteiger partial charge in [-0.05, 0) is 12.5 Å². The highest BCUT2D eigenvalue weighted by Crippen LogP contribution is 2.10. The van der Waals surface area contributed by atoms with Crippen molar-refractivity contribution in [2.75, 3.05) is 13.7 Å². The van der Waals surface area contributed by atoms with Crippen molar-refractivity contribution in [3.63, 3.8) is 0 Å². The monoisotopic (exact) mass is 247 g/mol. The lowest BCUT2D eigenvalue weighted by molar-refractivity contribution is 0.324. The van der Waals surface area contributed by atoms with Crippen LogP contribution in [0.1, 0.15) is 51.4 Å². The lowest BCUT2D eigenvalue weighted by Crippen LogP contribution is -2.14. The van der Waals surface area contributed by atoms with Gasteiger partial charge in [-0.2, -0.15) is 4.91 Å². The van der Waals surface area contributed by atoms with Crippen LogP contribution in [0, 0.1) is 4.91 Å². The van der Waals surface area contributed by atoms with E-state index in [-0.39, 0.29) is 0 Å². The Balaban J connectivity index is 2.96. The van der Waals surface area contributed by atoms with Crippen molar-refractivity contribution in [2.45, 2.75) is 57.4 Å². The van der Waals surface area contributed by atoms with Gasteiger partial charge in [0.15, 0.2) is 0 Å². The van der Waals surface area contributed by atoms with Gasteiger partial charge in [-0.3, -0.25) is 0 Å². The summed E-state index contributed by atoms with van der Waals surface area (Å²) in [6, 6.07) is 0.876. The highest BCUT2D eigenvalue weighted by atomic mass is 28.3. The second kappa shape index (κ2) is 12.8. The highest BCUT2D eigenvalue weighted by Gasteiger charge is 2.03. The van der Waals surface area contributed by atoms with E-state index in [0.29, 0.717) is 6.54 Å². The summed E-state index contributed by atoms with van der Waals surface area (Å²) < 4.78 is 4.89. The van der Waals surface area contributed by atoms with Crippen LogP contribution in [0.4, 0.5) is 0 Å². The molecular weight excluding hydrogens is 222 g/mol. The SMILES string of the molecule is CO[SiH](O)CCCCCCCCCCN=O. The average Bonchev–Trinajstić information content (AvgIpc) is 2.31. The van der Waals surface area contributed by atoms with E-state index in [1.54, 1.807) is 7.11 Å². The first-order valence-corrected chi connectivity index (χ1v) is 8.11. The smallest absolute Gasteiger partial charge is 0.318 e. The Bertz CT molecular complexity index is 158. The fourth-order valence-corrected chi connectivity index (χ4v) is 2.55. The lowest BCUT2D eigenvalue weighted by atomic mass is 10.1. The van der Waals surface area contributed by atoms with Gasteiger partial charge >= 0.3 is 9.28 Å². The van der Waals surface area contributed by atoms with Crippen LogP contribution in [-0.2, 0) is 4.43 Å². The maximum Gasteiger partial charge on any atom is 0.318 e. The van der Waals surface area contributed by atoms with E-state index in [2.05, 4.69) is 5.18 Å². The minimum absolute atomic E-state index is 0.472. The maximum absolute atomic E-state index is 9.81. The topological polar surface area (TPSA) is 58.9 Å². The predicted octanol–water partition coefficient (Wildman–Crippen LogP) is 2.73. The Morgan fingerprint density at radius 1 is 1.00 bits per heavy atom. The summed E-state index contributed by atoms with van der Waals surface area (Å²) in [5, 5.41) is 2.84. The molecule has 5 heteroatoms. The molecule has 0 spiro atoms. The number of hydrogen-bond donors (Lipinski definition) is 1. The molecule has 0 aromatic heterocycles. The van der Waals surface area contributed by atoms with Gasteiger partial charge in [0, 0.05) is 7.11 Å². The lowest BCUT2D eigenvalue weighted by Gasteiger charge is -2.05. The third-order valence-electron chi connectivity index (χ3n) is 2.72. The van der Waals surface area contributed by atoms with Crippen molar-refractivity contribution in [1.29, 1.82) is 0 Å². The average molecular weight is 247 g/mol. The Labute approximate surface area is 100 Å². The third-order valence-corrected chi connectivity index (χ3v) is 4.17. The number of hydrogen-bond acceptors (Lipinski definition) is 4. The standard InChI is InChI=1S/C11H25NO3Si/c1-15-16(14)11-9-7-5-3-2-4-6-8-10-12-13/h14,16H,2-11H2,1H3. The molecular formula is C11H25NO3Si. The van der Waals surface area contributed by atoms with Crippen molar-refractivity contribution in [1.82, 2.24) is 0 Å². The first-order chi connectivity index (χ1) is 7.81. The van der Waals surface area contributed by atoms with E-state index in [9.17, 15) is 9.70 Å². The van der Waals surface area contributed by atoms with E-state index in [1.165, 1.54) is 32.1 Å². The maximum atomic E-state index is 9.81. The van der Waals surface area contributed by atoms with Gasteiger partial charge in [0.05, 0.1) is 6.54 Å². The molecule has 0 saturated heterocycles. The Morgan fingerprint density at radius 3 is 2.00 bits per heavy atom. The van der Waals surface area contributed by atoms with Crippen molar-refractivity contribution >= 4 is 9.28 Å². The minimum atomic E-state index is -1.80. The second-order valence-corrected chi connectivity index (χ2v) is 6.12. The van der Waals surface area contributed by atoms with E-state index in [0.717, 1.165) is 25.3 Å². The third kappa shape index (κ3) is 11.8. The highest BCUT2D eigenvalue weighted by molar-refractivity contribution is 6.42. The number of nitrogens with zero attached hydrogens (tertiary/aromatic N) is 1. The van der Waals surface area contributed by atoms with Gasteiger partial charge in [0.1, 0.15) is 0 Å². The van der Waals surface area contributed by atoms with Crippen LogP contribution >= 0.6 is 0 Å². The Hall–Kier alpha value is -0.263. The van der Waals surface area contributed by atoms with Crippen molar-refractivity contribution in [3.05, 3.63) is 4.91 Å². The van der Waals surface area contributed by atoms with E-state index < -0.39 is 9.28 Å². The number of unbranched alkanes of at least 4 members (excludes halogenated alkanes) is 7. The quantitative estimate of drug-likeness (QED) is 0.328. The van der Waals surface area contributed by atoms with Gasteiger partial charge in [0.25, 0.3) is 0 Å². The molecule has 0 rings (SSSR count). The molecule has 0 heterocycles. The molecule has 0 aromatic carbocycles. The number of nitroso groups, excluding NO2 is 1. The molecule has 0 radical (unpaired) electrons. The van der Waals surface area contributed by atoms with Gasteiger partial charge in [-0.1, -0.05) is 50.1 Å². The fourth-order valence-electron chi connectivity index (χ4n) is 1.67. The molecule has 0 aliphatic heterocycles. The summed E-state index contributed by atoms with van der Waals surface area (Å²) in [4.78, 5) is 19.1. The molecule has 16 heavy (non-hydrogen) atoms. The summed E-state index contributed by atoms with van der Waals surface area (Å²) in [5.74, 6) is 0. The Morgan fingerprint density at radius 2 is 1.50 bits per heavy atom. The molecule has 1 unspecified atom stereocenters. The largest absolute Gasteiger partial charge is 0.413 e. The zero-order chi connectivity index (χ0) is 12.1. The van der Waals surface area contributed by atoms with Crippen molar-refractivity contribution in [2.24, 2.45) is 5.18 Å². The molecule has 1 N–H and O–H groups in total. The molecule has 4 nitrogen and oxygen atoms in total. The van der Waals surface area contributed by atoms with Gasteiger partial charge < -0.3 is 9.22 Å². The van der Waals surface area contributed by atoms with E-state index >= 15 is 0 Å². The van der Waals surface area contributed by atoms with Crippen LogP contribution in [0.15, 0.2) is 5.18 Å². The first-order valence-electron chi connectivity index (χ1n) is 6.31. The molecule has 0 aliphatic rings. The van der Waals surface area contributed by atoms with Crippen LogP contribution in [0.25, 0.3) is 0 Å². The molecule has 0 aromatic rings. The van der Waals surface area contributed by atoms with Crippen LogP contribution in [0.5, 0.6) is 0 Å². The molecule has 0 amide bonds. The van der Waals surface area contributed by atoms with Crippen molar-refractivity contribution < 1.29 is 9.22 Å². The van der Waals surface area contributed by atoms with Crippen LogP contribution in [0.2, 0.25) is 6.04 Å². The summed E-state index contributed by atoms with van der Waals surface area (Å²) >= 11 is 0. The summed E-state index contributed by atoms with van der Waals surface area (Å²) in [7, 11) is -0.211. The minimum Gasteiger partial charge on any atom is -0.413 e. The second-order valence-electron chi connectivity index (χ2n) is 4.16. The molecule has 0 bridgehead atoms. The summed E-state index contributed by atoms with van der Waals surface area (Å²) in [6.07, 6.45) is 9.33.